The first kappa shape index (κ1) is 13.6. The molecule has 0 fully saturated rings. The lowest BCUT2D eigenvalue weighted by atomic mass is 10.3. The monoisotopic (exact) mass is 282 g/mol. The van der Waals surface area contributed by atoms with E-state index in [0.29, 0.717) is 17.1 Å². The molecular weight excluding hydrogens is 268 g/mol. The maximum Gasteiger partial charge on any atom is 0.331 e. The van der Waals surface area contributed by atoms with E-state index in [1.54, 1.807) is 18.8 Å². The molecule has 0 bridgehead atoms. The van der Waals surface area contributed by atoms with Gasteiger partial charge in [-0.15, -0.1) is 0 Å². The topological polar surface area (TPSA) is 61.8 Å². The Kier molecular flexibility index (Phi) is 3.61. The number of hydrogen-bond donors (Lipinski definition) is 0. The van der Waals surface area contributed by atoms with Gasteiger partial charge in [0.1, 0.15) is 0 Å². The van der Waals surface area contributed by atoms with Gasteiger partial charge in [-0.2, -0.15) is 5.10 Å². The molecule has 0 atom stereocenters. The molecule has 0 radical (unpaired) electrons. The Bertz CT molecular complexity index is 726. The fraction of sp³-hybridized carbons (Fsp3) is 0.417. The summed E-state index contributed by atoms with van der Waals surface area (Å²) in [5, 5.41) is 4.78. The van der Waals surface area contributed by atoms with Gasteiger partial charge in [-0.3, -0.25) is 14.0 Å². The molecule has 0 N–H and O–H groups in total. The summed E-state index contributed by atoms with van der Waals surface area (Å²) < 4.78 is 4.11. The largest absolute Gasteiger partial charge is 0.331 e. The zero-order valence-corrected chi connectivity index (χ0v) is 11.8. The highest BCUT2D eigenvalue weighted by atomic mass is 35.5. The van der Waals surface area contributed by atoms with Gasteiger partial charge in [0.2, 0.25) is 0 Å². The van der Waals surface area contributed by atoms with Crippen LogP contribution in [0.3, 0.4) is 0 Å². The van der Waals surface area contributed by atoms with Crippen molar-refractivity contribution >= 4 is 11.6 Å². The second-order valence-corrected chi connectivity index (χ2v) is 4.70. The molecule has 6 nitrogen and oxygen atoms in total. The molecule has 2 aromatic heterocycles. The Morgan fingerprint density at radius 3 is 2.58 bits per heavy atom. The molecule has 19 heavy (non-hydrogen) atoms. The fourth-order valence-electron chi connectivity index (χ4n) is 1.90. The van der Waals surface area contributed by atoms with Crippen molar-refractivity contribution in [2.45, 2.75) is 19.9 Å². The summed E-state index contributed by atoms with van der Waals surface area (Å²) in [6.07, 6.45) is 2.15. The third kappa shape index (κ3) is 2.35. The van der Waals surface area contributed by atoms with E-state index in [0.717, 1.165) is 10.3 Å². The average Bonchev–Trinajstić information content (AvgIpc) is 2.65. The number of aryl methyl sites for hydroxylation is 3. The predicted octanol–water partition coefficient (Wildman–Crippen LogP) is 0.545. The van der Waals surface area contributed by atoms with Crippen molar-refractivity contribution in [1.29, 1.82) is 0 Å². The van der Waals surface area contributed by atoms with Crippen LogP contribution in [0.4, 0.5) is 0 Å². The van der Waals surface area contributed by atoms with E-state index in [-0.39, 0.29) is 17.8 Å². The Labute approximate surface area is 114 Å². The molecule has 2 aromatic rings. The minimum atomic E-state index is -0.372. The maximum atomic E-state index is 11.9. The van der Waals surface area contributed by atoms with E-state index < -0.39 is 0 Å². The first-order valence-corrected chi connectivity index (χ1v) is 6.30. The Morgan fingerprint density at radius 1 is 1.32 bits per heavy atom. The van der Waals surface area contributed by atoms with Crippen LogP contribution in [0.25, 0.3) is 0 Å². The normalized spacial score (nSPS) is 10.9. The van der Waals surface area contributed by atoms with Gasteiger partial charge in [-0.05, 0) is 6.42 Å². The van der Waals surface area contributed by atoms with Gasteiger partial charge in [0.25, 0.3) is 5.56 Å². The molecule has 2 rings (SSSR count). The van der Waals surface area contributed by atoms with Crippen molar-refractivity contribution in [3.05, 3.63) is 49.5 Å². The summed E-state index contributed by atoms with van der Waals surface area (Å²) in [6.45, 7) is 2.07. The predicted molar refractivity (Wildman–Crippen MR) is 72.6 cm³/mol. The lowest BCUT2D eigenvalue weighted by Crippen LogP contribution is -2.38. The Hall–Kier alpha value is -1.82. The van der Waals surface area contributed by atoms with Crippen LogP contribution in [0.15, 0.2) is 21.9 Å². The molecule has 0 aliphatic carbocycles. The zero-order chi connectivity index (χ0) is 14.2. The van der Waals surface area contributed by atoms with Crippen molar-refractivity contribution in [1.82, 2.24) is 18.9 Å². The summed E-state index contributed by atoms with van der Waals surface area (Å²) >= 11 is 6.22. The summed E-state index contributed by atoms with van der Waals surface area (Å²) in [5.74, 6) is 0. The van der Waals surface area contributed by atoms with Gasteiger partial charge in [0.15, 0.2) is 0 Å². The standard InChI is InChI=1S/C12H15ClN4O2/c1-4-8-11(13)9(16(3)14-8)7-17-10(18)5-6-15(2)12(17)19/h5-6H,4,7H2,1-3H3. The number of hydrogen-bond acceptors (Lipinski definition) is 3. The summed E-state index contributed by atoms with van der Waals surface area (Å²) in [7, 11) is 3.35. The molecule has 0 aromatic carbocycles. The maximum absolute atomic E-state index is 11.9. The molecule has 0 spiro atoms. The van der Waals surface area contributed by atoms with Gasteiger partial charge >= 0.3 is 5.69 Å². The van der Waals surface area contributed by atoms with Crippen LogP contribution in [0.5, 0.6) is 0 Å². The summed E-state index contributed by atoms with van der Waals surface area (Å²) in [6, 6.07) is 1.35. The van der Waals surface area contributed by atoms with Crippen molar-refractivity contribution < 1.29 is 0 Å². The summed E-state index contributed by atoms with van der Waals surface area (Å²) in [5.41, 5.74) is 0.699. The molecule has 0 saturated carbocycles. The van der Waals surface area contributed by atoms with Crippen LogP contribution in [0, 0.1) is 0 Å². The first-order chi connectivity index (χ1) is 8.95. The highest BCUT2D eigenvalue weighted by Gasteiger charge is 2.15. The van der Waals surface area contributed by atoms with Crippen LogP contribution in [0.2, 0.25) is 5.02 Å². The SMILES string of the molecule is CCc1nn(C)c(Cn2c(=O)ccn(C)c2=O)c1Cl. The number of rotatable bonds is 3. The van der Waals surface area contributed by atoms with Crippen molar-refractivity contribution in [3.8, 4) is 0 Å². The Balaban J connectivity index is 2.54. The minimum Gasteiger partial charge on any atom is -0.303 e. The second-order valence-electron chi connectivity index (χ2n) is 4.32. The van der Waals surface area contributed by atoms with Crippen molar-refractivity contribution in [3.63, 3.8) is 0 Å². The molecule has 102 valence electrons. The molecule has 0 saturated heterocycles. The molecule has 2 heterocycles. The van der Waals surface area contributed by atoms with Gasteiger partial charge < -0.3 is 4.57 Å². The molecular formula is C12H15ClN4O2. The average molecular weight is 283 g/mol. The van der Waals surface area contributed by atoms with Crippen LogP contribution in [-0.2, 0) is 27.1 Å². The molecule has 0 aliphatic heterocycles. The molecule has 0 aliphatic rings. The molecule has 7 heteroatoms. The third-order valence-corrected chi connectivity index (χ3v) is 3.49. The van der Waals surface area contributed by atoms with Crippen molar-refractivity contribution in [2.24, 2.45) is 14.1 Å². The lowest BCUT2D eigenvalue weighted by molar-refractivity contribution is 0.598. The molecule has 0 unspecified atom stereocenters. The van der Waals surface area contributed by atoms with Gasteiger partial charge in [-0.1, -0.05) is 18.5 Å². The first-order valence-electron chi connectivity index (χ1n) is 5.92. The minimum absolute atomic E-state index is 0.120. The van der Waals surface area contributed by atoms with Crippen molar-refractivity contribution in [2.75, 3.05) is 0 Å². The second kappa shape index (κ2) is 5.05. The smallest absolute Gasteiger partial charge is 0.303 e. The number of aromatic nitrogens is 4. The van der Waals surface area contributed by atoms with Gasteiger partial charge in [0.05, 0.1) is 23.0 Å². The summed E-state index contributed by atoms with van der Waals surface area (Å²) in [4.78, 5) is 23.7. The quantitative estimate of drug-likeness (QED) is 0.826. The van der Waals surface area contributed by atoms with Crippen LogP contribution >= 0.6 is 11.6 Å². The third-order valence-electron chi connectivity index (χ3n) is 3.05. The van der Waals surface area contributed by atoms with Gasteiger partial charge in [-0.25, -0.2) is 4.79 Å². The highest BCUT2D eigenvalue weighted by Crippen LogP contribution is 2.20. The van der Waals surface area contributed by atoms with Crippen LogP contribution in [-0.4, -0.2) is 18.9 Å². The van der Waals surface area contributed by atoms with E-state index in [1.165, 1.54) is 16.8 Å². The van der Waals surface area contributed by atoms with E-state index >= 15 is 0 Å². The van der Waals surface area contributed by atoms with Crippen LogP contribution < -0.4 is 11.2 Å². The van der Waals surface area contributed by atoms with Crippen LogP contribution in [0.1, 0.15) is 18.3 Å². The molecule has 0 amide bonds. The number of nitrogens with zero attached hydrogens (tertiary/aromatic N) is 4. The van der Waals surface area contributed by atoms with E-state index in [2.05, 4.69) is 5.10 Å². The lowest BCUT2D eigenvalue weighted by Gasteiger charge is -2.07. The number of halogens is 1. The Morgan fingerprint density at radius 2 is 2.00 bits per heavy atom. The fourth-order valence-corrected chi connectivity index (χ4v) is 2.25. The van der Waals surface area contributed by atoms with E-state index in [1.807, 2.05) is 6.92 Å². The van der Waals surface area contributed by atoms with E-state index in [4.69, 9.17) is 11.6 Å². The van der Waals surface area contributed by atoms with Gasteiger partial charge in [0, 0.05) is 26.4 Å². The zero-order valence-electron chi connectivity index (χ0n) is 11.1. The highest BCUT2D eigenvalue weighted by molar-refractivity contribution is 6.31. The van der Waals surface area contributed by atoms with E-state index in [9.17, 15) is 9.59 Å².